The number of carbonyl (C=O) groups is 5. The van der Waals surface area contributed by atoms with Crippen LogP contribution in [0.5, 0.6) is 0 Å². The fourth-order valence-corrected chi connectivity index (χ4v) is 3.79. The average Bonchev–Trinajstić information content (AvgIpc) is 2.87. The van der Waals surface area contributed by atoms with E-state index in [4.69, 9.17) is 14.2 Å². The van der Waals surface area contributed by atoms with Crippen LogP contribution >= 0.6 is 0 Å². The molecule has 12 nitrogen and oxygen atoms in total. The van der Waals surface area contributed by atoms with E-state index < -0.39 is 42.1 Å². The number of nitrogens with one attached hydrogen (secondary N) is 4. The maximum absolute atomic E-state index is 13.0. The molecule has 0 aliphatic carbocycles. The largest absolute Gasteiger partial charge is 0.466 e. The van der Waals surface area contributed by atoms with E-state index in [1.54, 1.807) is 32.0 Å². The molecule has 12 heteroatoms. The summed E-state index contributed by atoms with van der Waals surface area (Å²) in [7, 11) is 0. The van der Waals surface area contributed by atoms with Gasteiger partial charge >= 0.3 is 17.8 Å². The molecule has 0 radical (unpaired) electrons. The highest BCUT2D eigenvalue weighted by Gasteiger charge is 2.30. The topological polar surface area (TPSA) is 161 Å². The van der Waals surface area contributed by atoms with Gasteiger partial charge in [0.15, 0.2) is 6.29 Å². The van der Waals surface area contributed by atoms with Crippen LogP contribution in [0.25, 0.3) is 0 Å². The molecule has 0 spiro atoms. The molecule has 4 N–H and O–H groups in total. The van der Waals surface area contributed by atoms with Crippen LogP contribution in [0.15, 0.2) is 18.2 Å². The standard InChI is InChI=1S/C29H46N4O8/c1-9-12-15-41-24(35)17-23(28(39-10-2)40-11-3)33-25(36)18(4)30-26(37)27(38)32-22-16-20(31-19(5)34)13-14-21(22)29(6,7)8/h13-14,16,18,23,28H,9-12,15,17H2,1-8H3,(H,30,37)(H,31,34)(H,32,38)(H,33,36). The number of hydrogen-bond acceptors (Lipinski definition) is 8. The predicted octanol–water partition coefficient (Wildman–Crippen LogP) is 3.00. The lowest BCUT2D eigenvalue weighted by molar-refractivity contribution is -0.168. The molecular formula is C29H46N4O8. The summed E-state index contributed by atoms with van der Waals surface area (Å²) in [6, 6.07) is 3.00. The van der Waals surface area contributed by atoms with Crippen LogP contribution in [0.1, 0.15) is 80.2 Å². The normalized spacial score (nSPS) is 12.7. The number of carbonyl (C=O) groups excluding carboxylic acids is 5. The number of ether oxygens (including phenoxy) is 3. The monoisotopic (exact) mass is 578 g/mol. The summed E-state index contributed by atoms with van der Waals surface area (Å²) in [5.74, 6) is -3.50. The Bertz CT molecular complexity index is 1050. The Morgan fingerprint density at radius 1 is 0.902 bits per heavy atom. The maximum Gasteiger partial charge on any atom is 0.313 e. The highest BCUT2D eigenvalue weighted by molar-refractivity contribution is 6.40. The zero-order valence-electron chi connectivity index (χ0n) is 25.5. The van der Waals surface area contributed by atoms with Gasteiger partial charge < -0.3 is 35.5 Å². The van der Waals surface area contributed by atoms with E-state index in [1.807, 2.05) is 27.7 Å². The molecule has 0 aromatic heterocycles. The van der Waals surface area contributed by atoms with E-state index in [9.17, 15) is 24.0 Å². The minimum Gasteiger partial charge on any atom is -0.466 e. The van der Waals surface area contributed by atoms with Gasteiger partial charge in [-0.05, 0) is 50.3 Å². The van der Waals surface area contributed by atoms with Crippen molar-refractivity contribution in [2.45, 2.75) is 98.4 Å². The highest BCUT2D eigenvalue weighted by atomic mass is 16.7. The SMILES string of the molecule is CCCCOC(=O)CC(NC(=O)C(C)NC(=O)C(=O)Nc1cc(NC(C)=O)ccc1C(C)(C)C)C(OCC)OCC. The first kappa shape index (κ1) is 35.5. The molecule has 2 unspecified atom stereocenters. The zero-order valence-corrected chi connectivity index (χ0v) is 25.5. The van der Waals surface area contributed by atoms with E-state index >= 15 is 0 Å². The van der Waals surface area contributed by atoms with E-state index in [0.717, 1.165) is 12.0 Å². The fourth-order valence-electron chi connectivity index (χ4n) is 3.79. The summed E-state index contributed by atoms with van der Waals surface area (Å²) < 4.78 is 16.4. The average molecular weight is 579 g/mol. The van der Waals surface area contributed by atoms with Crippen LogP contribution in [-0.4, -0.2) is 67.8 Å². The van der Waals surface area contributed by atoms with Crippen molar-refractivity contribution in [1.29, 1.82) is 0 Å². The van der Waals surface area contributed by atoms with Crippen molar-refractivity contribution in [3.05, 3.63) is 23.8 Å². The van der Waals surface area contributed by atoms with Crippen molar-refractivity contribution in [3.8, 4) is 0 Å². The van der Waals surface area contributed by atoms with Crippen molar-refractivity contribution >= 4 is 41.0 Å². The Labute approximate surface area is 242 Å². The number of anilines is 2. The zero-order chi connectivity index (χ0) is 31.2. The van der Waals surface area contributed by atoms with Gasteiger partial charge in [0.05, 0.1) is 19.1 Å². The Kier molecular flexibility index (Phi) is 15.0. The van der Waals surface area contributed by atoms with Crippen molar-refractivity contribution in [2.24, 2.45) is 0 Å². The van der Waals surface area contributed by atoms with Gasteiger partial charge in [-0.25, -0.2) is 0 Å². The lowest BCUT2D eigenvalue weighted by atomic mass is 9.85. The quantitative estimate of drug-likeness (QED) is 0.107. The smallest absolute Gasteiger partial charge is 0.313 e. The van der Waals surface area contributed by atoms with E-state index in [-0.39, 0.29) is 37.6 Å². The highest BCUT2D eigenvalue weighted by Crippen LogP contribution is 2.32. The second kappa shape index (κ2) is 17.3. The summed E-state index contributed by atoms with van der Waals surface area (Å²) in [6.07, 6.45) is 0.437. The first-order valence-corrected chi connectivity index (χ1v) is 14.0. The van der Waals surface area contributed by atoms with Gasteiger partial charge in [0.25, 0.3) is 0 Å². The number of unbranched alkanes of at least 4 members (excludes halogenated alkanes) is 1. The Hall–Kier alpha value is -3.51. The summed E-state index contributed by atoms with van der Waals surface area (Å²) >= 11 is 0. The van der Waals surface area contributed by atoms with Gasteiger partial charge in [0, 0.05) is 31.5 Å². The molecule has 1 aromatic carbocycles. The van der Waals surface area contributed by atoms with Crippen LogP contribution in [0.3, 0.4) is 0 Å². The lowest BCUT2D eigenvalue weighted by Crippen LogP contribution is -2.54. The molecule has 4 amide bonds. The Balaban J connectivity index is 2.99. The predicted molar refractivity (Wildman–Crippen MR) is 155 cm³/mol. The third-order valence-electron chi connectivity index (χ3n) is 5.81. The van der Waals surface area contributed by atoms with E-state index in [2.05, 4.69) is 21.3 Å². The molecule has 0 heterocycles. The van der Waals surface area contributed by atoms with Crippen molar-refractivity contribution in [3.63, 3.8) is 0 Å². The minimum absolute atomic E-state index is 0.207. The van der Waals surface area contributed by atoms with Crippen LogP contribution in [0.2, 0.25) is 0 Å². The van der Waals surface area contributed by atoms with E-state index in [0.29, 0.717) is 17.8 Å². The molecule has 41 heavy (non-hydrogen) atoms. The molecule has 0 aliphatic rings. The van der Waals surface area contributed by atoms with Gasteiger partial charge in [-0.1, -0.05) is 40.2 Å². The molecule has 2 atom stereocenters. The second-order valence-electron chi connectivity index (χ2n) is 10.5. The molecule has 1 rings (SSSR count). The molecule has 0 fully saturated rings. The first-order valence-electron chi connectivity index (χ1n) is 14.0. The molecule has 1 aromatic rings. The molecule has 0 saturated heterocycles. The number of rotatable bonds is 15. The molecular weight excluding hydrogens is 532 g/mol. The maximum atomic E-state index is 13.0. The van der Waals surface area contributed by atoms with Gasteiger partial charge in [0.1, 0.15) is 6.04 Å². The summed E-state index contributed by atoms with van der Waals surface area (Å²) in [5, 5.41) is 10.3. The summed E-state index contributed by atoms with van der Waals surface area (Å²) in [4.78, 5) is 62.4. The molecule has 0 aliphatic heterocycles. The number of amides is 4. The number of benzene rings is 1. The second-order valence-corrected chi connectivity index (χ2v) is 10.5. The third-order valence-corrected chi connectivity index (χ3v) is 5.81. The lowest BCUT2D eigenvalue weighted by Gasteiger charge is -2.28. The Morgan fingerprint density at radius 3 is 2.07 bits per heavy atom. The molecule has 0 bridgehead atoms. The van der Waals surface area contributed by atoms with Gasteiger partial charge in [-0.2, -0.15) is 0 Å². The van der Waals surface area contributed by atoms with E-state index in [1.165, 1.54) is 13.8 Å². The van der Waals surface area contributed by atoms with Crippen molar-refractivity contribution < 1.29 is 38.2 Å². The van der Waals surface area contributed by atoms with Crippen LogP contribution in [-0.2, 0) is 43.6 Å². The summed E-state index contributed by atoms with van der Waals surface area (Å²) in [5.41, 5.74) is 1.15. The van der Waals surface area contributed by atoms with Gasteiger partial charge in [-0.3, -0.25) is 24.0 Å². The van der Waals surface area contributed by atoms with Crippen molar-refractivity contribution in [1.82, 2.24) is 10.6 Å². The number of hydrogen-bond donors (Lipinski definition) is 4. The minimum atomic E-state index is -1.14. The molecule has 230 valence electrons. The number of esters is 1. The first-order chi connectivity index (χ1) is 19.2. The molecule has 0 saturated carbocycles. The van der Waals surface area contributed by atoms with Crippen LogP contribution < -0.4 is 21.3 Å². The van der Waals surface area contributed by atoms with Crippen LogP contribution in [0, 0.1) is 0 Å². The fraction of sp³-hybridized carbons (Fsp3) is 0.621. The third kappa shape index (κ3) is 12.7. The van der Waals surface area contributed by atoms with Crippen molar-refractivity contribution in [2.75, 3.05) is 30.5 Å². The summed E-state index contributed by atoms with van der Waals surface area (Å²) in [6.45, 7) is 14.9. The van der Waals surface area contributed by atoms with Crippen LogP contribution in [0.4, 0.5) is 11.4 Å². The Morgan fingerprint density at radius 2 is 1.54 bits per heavy atom. The van der Waals surface area contributed by atoms with Gasteiger partial charge in [0.2, 0.25) is 11.8 Å². The van der Waals surface area contributed by atoms with Gasteiger partial charge in [-0.15, -0.1) is 0 Å².